The molecule has 1 aliphatic rings. The summed E-state index contributed by atoms with van der Waals surface area (Å²) >= 11 is 6.20. The SMILES string of the molecule is OC(CN1CCCCC1)Cn1c2ccccc2c2cc(Cl)ccc21. The largest absolute Gasteiger partial charge is 0.390 e. The highest BCUT2D eigenvalue weighted by Gasteiger charge is 2.17. The molecular formula is C20H23ClN2O. The average Bonchev–Trinajstić information content (AvgIpc) is 2.89. The maximum atomic E-state index is 10.7. The molecule has 126 valence electrons. The van der Waals surface area contributed by atoms with Crippen molar-refractivity contribution in [3.05, 3.63) is 47.5 Å². The van der Waals surface area contributed by atoms with Crippen LogP contribution >= 0.6 is 11.6 Å². The van der Waals surface area contributed by atoms with E-state index >= 15 is 0 Å². The Hall–Kier alpha value is -1.55. The highest BCUT2D eigenvalue weighted by atomic mass is 35.5. The monoisotopic (exact) mass is 342 g/mol. The van der Waals surface area contributed by atoms with E-state index in [1.54, 1.807) is 0 Å². The molecule has 1 saturated heterocycles. The van der Waals surface area contributed by atoms with Gasteiger partial charge in [-0.05, 0) is 50.2 Å². The Kier molecular flexibility index (Phi) is 4.49. The van der Waals surface area contributed by atoms with Crippen molar-refractivity contribution in [3.63, 3.8) is 0 Å². The number of aliphatic hydroxyl groups is 1. The van der Waals surface area contributed by atoms with Gasteiger partial charge in [-0.15, -0.1) is 0 Å². The van der Waals surface area contributed by atoms with Gasteiger partial charge in [-0.25, -0.2) is 0 Å². The van der Waals surface area contributed by atoms with E-state index in [0.717, 1.165) is 41.1 Å². The van der Waals surface area contributed by atoms with E-state index in [1.807, 2.05) is 12.1 Å². The maximum absolute atomic E-state index is 10.7. The van der Waals surface area contributed by atoms with Gasteiger partial charge in [0.15, 0.2) is 0 Å². The van der Waals surface area contributed by atoms with Crippen molar-refractivity contribution >= 4 is 33.4 Å². The Bertz CT molecular complexity index is 851. The van der Waals surface area contributed by atoms with Gasteiger partial charge in [0, 0.05) is 33.4 Å². The molecule has 4 rings (SSSR count). The number of piperidine rings is 1. The maximum Gasteiger partial charge on any atom is 0.0845 e. The Morgan fingerprint density at radius 2 is 1.67 bits per heavy atom. The van der Waals surface area contributed by atoms with Gasteiger partial charge in [0.1, 0.15) is 0 Å². The van der Waals surface area contributed by atoms with E-state index < -0.39 is 0 Å². The smallest absolute Gasteiger partial charge is 0.0845 e. The van der Waals surface area contributed by atoms with Crippen LogP contribution in [0.4, 0.5) is 0 Å². The number of benzene rings is 2. The minimum atomic E-state index is -0.363. The molecule has 4 heteroatoms. The molecule has 2 aromatic carbocycles. The fourth-order valence-electron chi connectivity index (χ4n) is 3.93. The number of nitrogens with zero attached hydrogens (tertiary/aromatic N) is 2. The molecule has 1 fully saturated rings. The third-order valence-electron chi connectivity index (χ3n) is 5.05. The lowest BCUT2D eigenvalue weighted by atomic mass is 10.1. The first kappa shape index (κ1) is 15.9. The molecule has 0 amide bonds. The van der Waals surface area contributed by atoms with E-state index in [0.29, 0.717) is 6.54 Å². The zero-order chi connectivity index (χ0) is 16.5. The van der Waals surface area contributed by atoms with Gasteiger partial charge >= 0.3 is 0 Å². The normalized spacial score (nSPS) is 17.6. The second-order valence-electron chi connectivity index (χ2n) is 6.80. The quantitative estimate of drug-likeness (QED) is 0.766. The fourth-order valence-corrected chi connectivity index (χ4v) is 4.10. The average molecular weight is 343 g/mol. The number of aliphatic hydroxyl groups excluding tert-OH is 1. The molecule has 0 spiro atoms. The first-order valence-corrected chi connectivity index (χ1v) is 9.17. The van der Waals surface area contributed by atoms with Crippen molar-refractivity contribution in [1.82, 2.24) is 9.47 Å². The van der Waals surface area contributed by atoms with E-state index in [-0.39, 0.29) is 6.10 Å². The van der Waals surface area contributed by atoms with Crippen molar-refractivity contribution in [2.24, 2.45) is 0 Å². The van der Waals surface area contributed by atoms with Crippen LogP contribution in [-0.2, 0) is 6.54 Å². The Balaban J connectivity index is 1.67. The molecule has 3 nitrogen and oxygen atoms in total. The van der Waals surface area contributed by atoms with Crippen LogP contribution < -0.4 is 0 Å². The third kappa shape index (κ3) is 3.04. The summed E-state index contributed by atoms with van der Waals surface area (Å²) in [5.41, 5.74) is 2.30. The van der Waals surface area contributed by atoms with Gasteiger partial charge in [0.25, 0.3) is 0 Å². The minimum Gasteiger partial charge on any atom is -0.390 e. The molecule has 0 saturated carbocycles. The van der Waals surface area contributed by atoms with E-state index in [1.165, 1.54) is 24.6 Å². The van der Waals surface area contributed by atoms with Crippen molar-refractivity contribution in [2.75, 3.05) is 19.6 Å². The molecule has 3 aromatic rings. The standard InChI is InChI=1S/C20H23ClN2O/c21-15-8-9-20-18(12-15)17-6-2-3-7-19(17)23(20)14-16(24)13-22-10-4-1-5-11-22/h2-3,6-9,12,16,24H,1,4-5,10-11,13-14H2. The Morgan fingerprint density at radius 1 is 0.917 bits per heavy atom. The first-order valence-electron chi connectivity index (χ1n) is 8.79. The number of hydrogen-bond acceptors (Lipinski definition) is 2. The summed E-state index contributed by atoms with van der Waals surface area (Å²) in [5, 5.41) is 13.8. The highest BCUT2D eigenvalue weighted by Crippen LogP contribution is 2.31. The number of halogens is 1. The number of β-amino-alcohol motifs (C(OH)–C–C–N with tert-alkyl or cyclic N) is 1. The number of para-hydroxylation sites is 1. The summed E-state index contributed by atoms with van der Waals surface area (Å²) in [7, 11) is 0. The molecule has 1 aliphatic heterocycles. The van der Waals surface area contributed by atoms with Gasteiger partial charge in [-0.2, -0.15) is 0 Å². The summed E-state index contributed by atoms with van der Waals surface area (Å²) in [6.07, 6.45) is 3.46. The molecule has 0 radical (unpaired) electrons. The van der Waals surface area contributed by atoms with Gasteiger partial charge < -0.3 is 14.6 Å². The first-order chi connectivity index (χ1) is 11.7. The van der Waals surface area contributed by atoms with Gasteiger partial charge in [0.05, 0.1) is 12.6 Å². The summed E-state index contributed by atoms with van der Waals surface area (Å²) in [6, 6.07) is 14.4. The number of rotatable bonds is 4. The Labute approximate surface area is 147 Å². The molecule has 1 atom stereocenters. The molecular weight excluding hydrogens is 320 g/mol. The summed E-state index contributed by atoms with van der Waals surface area (Å²) in [5.74, 6) is 0. The number of hydrogen-bond donors (Lipinski definition) is 1. The van der Waals surface area contributed by atoms with Crippen molar-refractivity contribution in [1.29, 1.82) is 0 Å². The van der Waals surface area contributed by atoms with Crippen LogP contribution in [0.1, 0.15) is 19.3 Å². The topological polar surface area (TPSA) is 28.4 Å². The number of aromatic nitrogens is 1. The number of fused-ring (bicyclic) bond motifs is 3. The van der Waals surface area contributed by atoms with Crippen LogP contribution in [0, 0.1) is 0 Å². The van der Waals surface area contributed by atoms with E-state index in [9.17, 15) is 5.11 Å². The minimum absolute atomic E-state index is 0.363. The van der Waals surface area contributed by atoms with E-state index in [2.05, 4.69) is 39.8 Å². The lowest BCUT2D eigenvalue weighted by Gasteiger charge is -2.28. The molecule has 2 heterocycles. The molecule has 1 aromatic heterocycles. The van der Waals surface area contributed by atoms with Gasteiger partial charge in [-0.3, -0.25) is 0 Å². The lowest BCUT2D eigenvalue weighted by molar-refractivity contribution is 0.0901. The zero-order valence-electron chi connectivity index (χ0n) is 13.8. The van der Waals surface area contributed by atoms with Crippen LogP contribution in [0.5, 0.6) is 0 Å². The second-order valence-corrected chi connectivity index (χ2v) is 7.24. The molecule has 1 N–H and O–H groups in total. The second kappa shape index (κ2) is 6.75. The Morgan fingerprint density at radius 3 is 2.50 bits per heavy atom. The predicted octanol–water partition coefficient (Wildman–Crippen LogP) is 4.29. The van der Waals surface area contributed by atoms with E-state index in [4.69, 9.17) is 11.6 Å². The predicted molar refractivity (Wildman–Crippen MR) is 101 cm³/mol. The van der Waals surface area contributed by atoms with Gasteiger partial charge in [0.2, 0.25) is 0 Å². The van der Waals surface area contributed by atoms with Crippen molar-refractivity contribution < 1.29 is 5.11 Å². The molecule has 0 bridgehead atoms. The molecule has 0 aliphatic carbocycles. The van der Waals surface area contributed by atoms with Crippen molar-refractivity contribution in [3.8, 4) is 0 Å². The zero-order valence-corrected chi connectivity index (χ0v) is 14.5. The molecule has 24 heavy (non-hydrogen) atoms. The highest BCUT2D eigenvalue weighted by molar-refractivity contribution is 6.31. The fraction of sp³-hybridized carbons (Fsp3) is 0.400. The summed E-state index contributed by atoms with van der Waals surface area (Å²) in [4.78, 5) is 2.39. The summed E-state index contributed by atoms with van der Waals surface area (Å²) < 4.78 is 2.23. The van der Waals surface area contributed by atoms with Crippen LogP contribution in [0.3, 0.4) is 0 Å². The summed E-state index contributed by atoms with van der Waals surface area (Å²) in [6.45, 7) is 3.59. The molecule has 1 unspecified atom stereocenters. The van der Waals surface area contributed by atoms with Crippen LogP contribution in [0.2, 0.25) is 5.02 Å². The van der Waals surface area contributed by atoms with Crippen LogP contribution in [0.25, 0.3) is 21.8 Å². The van der Waals surface area contributed by atoms with Gasteiger partial charge in [-0.1, -0.05) is 36.2 Å². The third-order valence-corrected chi connectivity index (χ3v) is 5.28. The lowest BCUT2D eigenvalue weighted by Crippen LogP contribution is -2.38. The number of likely N-dealkylation sites (tertiary alicyclic amines) is 1. The van der Waals surface area contributed by atoms with Crippen LogP contribution in [0.15, 0.2) is 42.5 Å². The van der Waals surface area contributed by atoms with Crippen LogP contribution in [-0.4, -0.2) is 40.3 Å². The van der Waals surface area contributed by atoms with Crippen molar-refractivity contribution in [2.45, 2.75) is 31.9 Å².